The maximum absolute atomic E-state index is 4.31. The Morgan fingerprint density at radius 2 is 1.89 bits per heavy atom. The van der Waals surface area contributed by atoms with Gasteiger partial charge >= 0.3 is 0 Å². The Labute approximate surface area is 116 Å². The lowest BCUT2D eigenvalue weighted by Gasteiger charge is -2.24. The van der Waals surface area contributed by atoms with Crippen LogP contribution in [-0.4, -0.2) is 25.6 Å². The number of hydrogen-bond donors (Lipinski definition) is 2. The van der Waals surface area contributed by atoms with E-state index in [2.05, 4.69) is 46.0 Å². The molecule has 0 saturated heterocycles. The average molecular weight is 259 g/mol. The van der Waals surface area contributed by atoms with E-state index < -0.39 is 0 Å². The fraction of sp³-hybridized carbons (Fsp3) is 0.562. The molecule has 0 bridgehead atoms. The Morgan fingerprint density at radius 3 is 2.58 bits per heavy atom. The lowest BCUT2D eigenvalue weighted by atomic mass is 9.96. The van der Waals surface area contributed by atoms with Crippen LogP contribution in [-0.2, 0) is 6.42 Å². The Kier molecular flexibility index (Phi) is 5.73. The van der Waals surface area contributed by atoms with Gasteiger partial charge in [-0.1, -0.05) is 49.6 Å². The van der Waals surface area contributed by atoms with Crippen molar-refractivity contribution in [1.29, 1.82) is 0 Å². The highest BCUT2D eigenvalue weighted by Gasteiger charge is 2.13. The second kappa shape index (κ2) is 7.82. The minimum atomic E-state index is 0.608. The van der Waals surface area contributed by atoms with Gasteiger partial charge in [-0.3, -0.25) is 4.99 Å². The second-order valence-corrected chi connectivity index (χ2v) is 5.21. The fourth-order valence-electron chi connectivity index (χ4n) is 2.60. The van der Waals surface area contributed by atoms with Gasteiger partial charge in [0.15, 0.2) is 5.96 Å². The summed E-state index contributed by atoms with van der Waals surface area (Å²) >= 11 is 0. The van der Waals surface area contributed by atoms with Gasteiger partial charge in [-0.15, -0.1) is 0 Å². The summed E-state index contributed by atoms with van der Waals surface area (Å²) in [6.45, 7) is 0.927. The van der Waals surface area contributed by atoms with Crippen molar-refractivity contribution in [1.82, 2.24) is 10.6 Å². The predicted octanol–water partition coefficient (Wildman–Crippen LogP) is 2.73. The van der Waals surface area contributed by atoms with Crippen LogP contribution >= 0.6 is 0 Å². The molecule has 3 nitrogen and oxygen atoms in total. The van der Waals surface area contributed by atoms with Gasteiger partial charge < -0.3 is 10.6 Å². The molecule has 0 aliphatic heterocycles. The van der Waals surface area contributed by atoms with Gasteiger partial charge in [0.2, 0.25) is 0 Å². The van der Waals surface area contributed by atoms with Gasteiger partial charge in [-0.2, -0.15) is 0 Å². The third-order valence-corrected chi connectivity index (χ3v) is 3.72. The SMILES string of the molecule is CN=C(NCCc1ccccc1)NC1CCCCC1. The molecule has 0 heterocycles. The molecule has 0 spiro atoms. The van der Waals surface area contributed by atoms with Crippen molar-refractivity contribution in [3.63, 3.8) is 0 Å². The van der Waals surface area contributed by atoms with Crippen LogP contribution in [0.25, 0.3) is 0 Å². The Balaban J connectivity index is 1.70. The molecule has 1 saturated carbocycles. The van der Waals surface area contributed by atoms with Crippen molar-refractivity contribution in [3.8, 4) is 0 Å². The minimum absolute atomic E-state index is 0.608. The summed E-state index contributed by atoms with van der Waals surface area (Å²) in [6, 6.07) is 11.2. The van der Waals surface area contributed by atoms with Gasteiger partial charge in [-0.25, -0.2) is 0 Å². The van der Waals surface area contributed by atoms with Crippen molar-refractivity contribution in [2.75, 3.05) is 13.6 Å². The number of hydrogen-bond acceptors (Lipinski definition) is 1. The minimum Gasteiger partial charge on any atom is -0.356 e. The van der Waals surface area contributed by atoms with Crippen LogP contribution in [0.15, 0.2) is 35.3 Å². The molecular weight excluding hydrogens is 234 g/mol. The Bertz CT molecular complexity index is 380. The first kappa shape index (κ1) is 13.9. The van der Waals surface area contributed by atoms with Crippen molar-refractivity contribution >= 4 is 5.96 Å². The largest absolute Gasteiger partial charge is 0.356 e. The quantitative estimate of drug-likeness (QED) is 0.644. The van der Waals surface area contributed by atoms with E-state index in [9.17, 15) is 0 Å². The van der Waals surface area contributed by atoms with Crippen molar-refractivity contribution in [2.45, 2.75) is 44.6 Å². The van der Waals surface area contributed by atoms with Crippen LogP contribution in [0.2, 0.25) is 0 Å². The van der Waals surface area contributed by atoms with E-state index in [1.54, 1.807) is 0 Å². The number of nitrogens with one attached hydrogen (secondary N) is 2. The van der Waals surface area contributed by atoms with Crippen molar-refractivity contribution in [2.24, 2.45) is 4.99 Å². The van der Waals surface area contributed by atoms with Crippen LogP contribution < -0.4 is 10.6 Å². The molecule has 1 aromatic carbocycles. The van der Waals surface area contributed by atoms with Gasteiger partial charge in [0.25, 0.3) is 0 Å². The number of benzene rings is 1. The Hall–Kier alpha value is -1.51. The second-order valence-electron chi connectivity index (χ2n) is 5.21. The molecule has 0 aromatic heterocycles. The summed E-state index contributed by atoms with van der Waals surface area (Å²) in [5, 5.41) is 6.93. The third kappa shape index (κ3) is 4.93. The molecule has 0 amide bonds. The van der Waals surface area contributed by atoms with Crippen LogP contribution in [0.1, 0.15) is 37.7 Å². The first-order valence-corrected chi connectivity index (χ1v) is 7.39. The van der Waals surface area contributed by atoms with Crippen LogP contribution in [0.4, 0.5) is 0 Å². The molecule has 3 heteroatoms. The third-order valence-electron chi connectivity index (χ3n) is 3.72. The van der Waals surface area contributed by atoms with Gasteiger partial charge in [0, 0.05) is 19.6 Å². The molecule has 1 fully saturated rings. The summed E-state index contributed by atoms with van der Waals surface area (Å²) in [7, 11) is 1.85. The first-order valence-electron chi connectivity index (χ1n) is 7.39. The van der Waals surface area contributed by atoms with Crippen molar-refractivity contribution < 1.29 is 0 Å². The van der Waals surface area contributed by atoms with Gasteiger partial charge in [-0.05, 0) is 24.8 Å². The highest BCUT2D eigenvalue weighted by atomic mass is 15.2. The number of nitrogens with zero attached hydrogens (tertiary/aromatic N) is 1. The molecule has 104 valence electrons. The molecule has 19 heavy (non-hydrogen) atoms. The monoisotopic (exact) mass is 259 g/mol. The van der Waals surface area contributed by atoms with Crippen LogP contribution in [0.5, 0.6) is 0 Å². The standard InChI is InChI=1S/C16H25N3/c1-17-16(19-15-10-6-3-7-11-15)18-13-12-14-8-4-2-5-9-14/h2,4-5,8-9,15H,3,6-7,10-13H2,1H3,(H2,17,18,19). The lowest BCUT2D eigenvalue weighted by molar-refractivity contribution is 0.410. The number of rotatable bonds is 4. The molecular formula is C16H25N3. The summed E-state index contributed by atoms with van der Waals surface area (Å²) in [6.07, 6.45) is 7.67. The van der Waals surface area contributed by atoms with Gasteiger partial charge in [0.1, 0.15) is 0 Å². The maximum Gasteiger partial charge on any atom is 0.191 e. The van der Waals surface area contributed by atoms with Gasteiger partial charge in [0.05, 0.1) is 0 Å². The predicted molar refractivity (Wildman–Crippen MR) is 81.5 cm³/mol. The van der Waals surface area contributed by atoms with E-state index in [0.29, 0.717) is 6.04 Å². The maximum atomic E-state index is 4.31. The first-order chi connectivity index (χ1) is 9.38. The zero-order chi connectivity index (χ0) is 13.3. The fourth-order valence-corrected chi connectivity index (χ4v) is 2.60. The number of guanidine groups is 1. The molecule has 2 N–H and O–H groups in total. The topological polar surface area (TPSA) is 36.4 Å². The summed E-state index contributed by atoms with van der Waals surface area (Å²) in [5.74, 6) is 0.947. The van der Waals surface area contributed by atoms with E-state index in [1.807, 2.05) is 7.05 Å². The molecule has 1 aromatic rings. The summed E-state index contributed by atoms with van der Waals surface area (Å²) in [5.41, 5.74) is 1.36. The smallest absolute Gasteiger partial charge is 0.191 e. The molecule has 0 radical (unpaired) electrons. The van der Waals surface area contributed by atoms with E-state index in [1.165, 1.54) is 37.7 Å². The molecule has 0 unspecified atom stereocenters. The van der Waals surface area contributed by atoms with E-state index >= 15 is 0 Å². The van der Waals surface area contributed by atoms with Crippen LogP contribution in [0.3, 0.4) is 0 Å². The molecule has 2 rings (SSSR count). The highest BCUT2D eigenvalue weighted by molar-refractivity contribution is 5.79. The Morgan fingerprint density at radius 1 is 1.16 bits per heavy atom. The van der Waals surface area contributed by atoms with Crippen LogP contribution in [0, 0.1) is 0 Å². The molecule has 1 aliphatic carbocycles. The zero-order valence-electron chi connectivity index (χ0n) is 11.9. The zero-order valence-corrected chi connectivity index (χ0v) is 11.9. The van der Waals surface area contributed by atoms with E-state index in [-0.39, 0.29) is 0 Å². The number of aliphatic imine (C=N–C) groups is 1. The van der Waals surface area contributed by atoms with E-state index in [4.69, 9.17) is 0 Å². The normalized spacial score (nSPS) is 17.2. The summed E-state index contributed by atoms with van der Waals surface area (Å²) in [4.78, 5) is 4.31. The molecule has 1 aliphatic rings. The average Bonchev–Trinajstić information content (AvgIpc) is 2.48. The highest BCUT2D eigenvalue weighted by Crippen LogP contribution is 2.17. The summed E-state index contributed by atoms with van der Waals surface area (Å²) < 4.78 is 0. The van der Waals surface area contributed by atoms with Crippen molar-refractivity contribution in [3.05, 3.63) is 35.9 Å². The molecule has 0 atom stereocenters. The van der Waals surface area contributed by atoms with E-state index in [0.717, 1.165) is 18.9 Å². The lowest BCUT2D eigenvalue weighted by Crippen LogP contribution is -2.44.